The zero-order chi connectivity index (χ0) is 22.1. The van der Waals surface area contributed by atoms with Crippen LogP contribution in [0.15, 0.2) is 93.4 Å². The second-order valence-electron chi connectivity index (χ2n) is 7.29. The minimum atomic E-state index is -0.428. The number of rotatable bonds is 4. The molecule has 3 aromatic carbocycles. The van der Waals surface area contributed by atoms with Crippen LogP contribution >= 0.6 is 27.7 Å². The first-order valence-corrected chi connectivity index (χ1v) is 11.5. The van der Waals surface area contributed by atoms with Crippen LogP contribution in [0.1, 0.15) is 11.1 Å². The minimum absolute atomic E-state index is 0.197. The molecule has 0 atom stereocenters. The summed E-state index contributed by atoms with van der Waals surface area (Å²) in [7, 11) is 0. The second-order valence-corrected chi connectivity index (χ2v) is 9.24. The number of carbonyl (C=O) groups excluding carboxylic acids is 1. The van der Waals surface area contributed by atoms with E-state index < -0.39 is 5.82 Å². The molecule has 1 aromatic heterocycles. The third-order valence-corrected chi connectivity index (χ3v) is 6.54. The highest BCUT2D eigenvalue weighted by atomic mass is 79.9. The topological polar surface area (TPSA) is 46.4 Å². The Bertz CT molecular complexity index is 1390. The van der Waals surface area contributed by atoms with E-state index in [2.05, 4.69) is 55.2 Å². The molecule has 4 nitrogen and oxygen atoms in total. The second kappa shape index (κ2) is 8.76. The van der Waals surface area contributed by atoms with Crippen LogP contribution in [0.4, 0.5) is 10.1 Å². The molecule has 158 valence electrons. The molecule has 1 amide bonds. The number of nitrogens with zero attached hydrogens (tertiary/aromatic N) is 2. The van der Waals surface area contributed by atoms with Crippen LogP contribution in [-0.2, 0) is 11.3 Å². The zero-order valence-corrected chi connectivity index (χ0v) is 19.2. The average Bonchev–Trinajstić information content (AvgIpc) is 3.31. The van der Waals surface area contributed by atoms with E-state index in [0.29, 0.717) is 10.1 Å². The molecule has 0 spiro atoms. The van der Waals surface area contributed by atoms with Gasteiger partial charge in [-0.3, -0.25) is 4.79 Å². The van der Waals surface area contributed by atoms with Gasteiger partial charge in [-0.25, -0.2) is 9.38 Å². The Balaban J connectivity index is 1.48. The van der Waals surface area contributed by atoms with Crippen LogP contribution in [0.3, 0.4) is 0 Å². The summed E-state index contributed by atoms with van der Waals surface area (Å²) in [6, 6.07) is 22.6. The normalized spacial score (nSPS) is 16.2. The maximum Gasteiger partial charge on any atom is 0.264 e. The van der Waals surface area contributed by atoms with Gasteiger partial charge in [-0.05, 0) is 53.7 Å². The Morgan fingerprint density at radius 2 is 1.78 bits per heavy atom. The monoisotopic (exact) mass is 505 g/mol. The Labute approximate surface area is 197 Å². The molecule has 5 rings (SSSR count). The molecule has 0 radical (unpaired) electrons. The number of carbonyl (C=O) groups is 1. The highest BCUT2D eigenvalue weighted by Crippen LogP contribution is 2.31. The predicted molar refractivity (Wildman–Crippen MR) is 132 cm³/mol. The Kier molecular flexibility index (Phi) is 5.68. The summed E-state index contributed by atoms with van der Waals surface area (Å²) in [6.45, 7) is 0.719. The molecular formula is C25H17BrFN3OS. The van der Waals surface area contributed by atoms with Gasteiger partial charge in [0, 0.05) is 33.7 Å². The van der Waals surface area contributed by atoms with E-state index in [1.54, 1.807) is 18.2 Å². The van der Waals surface area contributed by atoms with Crippen molar-refractivity contribution in [1.82, 2.24) is 9.88 Å². The standard InChI is InChI=1S/C25H17BrFN3OS/c26-18-11-9-16(10-12-18)14-30-15-17(19-5-1-4-8-22(19)30)13-23-24(31)29-25(32-23)28-21-7-3-2-6-20(21)27/h1-13,15H,14H2,(H,28,29,31)/b23-13-. The number of fused-ring (bicyclic) bond motifs is 1. The van der Waals surface area contributed by atoms with Crippen molar-refractivity contribution in [2.24, 2.45) is 4.99 Å². The smallest absolute Gasteiger partial charge is 0.264 e. The van der Waals surface area contributed by atoms with Crippen molar-refractivity contribution >= 4 is 61.4 Å². The lowest BCUT2D eigenvalue weighted by Gasteiger charge is -2.05. The first kappa shape index (κ1) is 20.7. The van der Waals surface area contributed by atoms with Gasteiger partial charge in [0.25, 0.3) is 5.91 Å². The SMILES string of the molecule is O=C1NC(=Nc2ccccc2F)S/C1=C\c1cn(Cc2ccc(Br)cc2)c2ccccc12. The quantitative estimate of drug-likeness (QED) is 0.322. The Morgan fingerprint density at radius 3 is 2.59 bits per heavy atom. The van der Waals surface area contributed by atoms with Gasteiger partial charge >= 0.3 is 0 Å². The molecule has 0 saturated carbocycles. The van der Waals surface area contributed by atoms with Crippen LogP contribution in [0.5, 0.6) is 0 Å². The largest absolute Gasteiger partial charge is 0.342 e. The summed E-state index contributed by atoms with van der Waals surface area (Å²) in [5, 5.41) is 4.15. The number of nitrogens with one attached hydrogen (secondary N) is 1. The molecule has 7 heteroatoms. The summed E-state index contributed by atoms with van der Waals surface area (Å²) in [4.78, 5) is 17.3. The number of aromatic nitrogens is 1. The number of para-hydroxylation sites is 2. The first-order valence-electron chi connectivity index (χ1n) is 9.93. The molecule has 4 aromatic rings. The van der Waals surface area contributed by atoms with E-state index in [0.717, 1.165) is 27.5 Å². The fraction of sp³-hybridized carbons (Fsp3) is 0.0400. The van der Waals surface area contributed by atoms with Crippen molar-refractivity contribution in [3.05, 3.63) is 105 Å². The molecule has 0 bridgehead atoms. The molecule has 1 N–H and O–H groups in total. The van der Waals surface area contributed by atoms with Crippen molar-refractivity contribution in [1.29, 1.82) is 0 Å². The highest BCUT2D eigenvalue weighted by molar-refractivity contribution is 9.10. The summed E-state index contributed by atoms with van der Waals surface area (Å²) in [5.41, 5.74) is 3.41. The Hall–Kier alpha value is -3.16. The van der Waals surface area contributed by atoms with Crippen molar-refractivity contribution in [3.8, 4) is 0 Å². The van der Waals surface area contributed by atoms with Crippen LogP contribution < -0.4 is 5.32 Å². The molecule has 0 unspecified atom stereocenters. The molecular weight excluding hydrogens is 489 g/mol. The summed E-state index contributed by atoms with van der Waals surface area (Å²) >= 11 is 4.68. The average molecular weight is 506 g/mol. The number of benzene rings is 3. The number of amides is 1. The predicted octanol–water partition coefficient (Wildman–Crippen LogP) is 6.48. The highest BCUT2D eigenvalue weighted by Gasteiger charge is 2.24. The summed E-state index contributed by atoms with van der Waals surface area (Å²) in [6.07, 6.45) is 3.92. The molecule has 32 heavy (non-hydrogen) atoms. The summed E-state index contributed by atoms with van der Waals surface area (Å²) < 4.78 is 17.1. The van der Waals surface area contributed by atoms with Crippen LogP contribution in [-0.4, -0.2) is 15.6 Å². The van der Waals surface area contributed by atoms with Crippen LogP contribution in [0, 0.1) is 5.82 Å². The lowest BCUT2D eigenvalue weighted by atomic mass is 10.1. The molecule has 2 heterocycles. The van der Waals surface area contributed by atoms with Crippen molar-refractivity contribution in [2.75, 3.05) is 0 Å². The van der Waals surface area contributed by atoms with Gasteiger partial charge in [-0.15, -0.1) is 0 Å². The minimum Gasteiger partial charge on any atom is -0.342 e. The van der Waals surface area contributed by atoms with Crippen LogP contribution in [0.2, 0.25) is 0 Å². The van der Waals surface area contributed by atoms with Crippen molar-refractivity contribution in [3.63, 3.8) is 0 Å². The lowest BCUT2D eigenvalue weighted by Crippen LogP contribution is -2.19. The maximum atomic E-state index is 13.9. The number of amidine groups is 1. The van der Waals surface area contributed by atoms with E-state index in [-0.39, 0.29) is 11.6 Å². The van der Waals surface area contributed by atoms with E-state index in [1.807, 2.05) is 36.4 Å². The molecule has 1 fully saturated rings. The molecule has 0 aliphatic carbocycles. The fourth-order valence-corrected chi connectivity index (χ4v) is 4.67. The first-order chi connectivity index (χ1) is 15.6. The zero-order valence-electron chi connectivity index (χ0n) is 16.8. The number of aliphatic imine (C=N–C) groups is 1. The third kappa shape index (κ3) is 4.26. The van der Waals surface area contributed by atoms with Gasteiger partial charge in [0.2, 0.25) is 0 Å². The maximum absolute atomic E-state index is 13.9. The van der Waals surface area contributed by atoms with Gasteiger partial charge in [-0.2, -0.15) is 0 Å². The fourth-order valence-electron chi connectivity index (χ4n) is 3.58. The Morgan fingerprint density at radius 1 is 1.03 bits per heavy atom. The number of halogens is 2. The van der Waals surface area contributed by atoms with E-state index in [1.165, 1.54) is 23.4 Å². The third-order valence-electron chi connectivity index (χ3n) is 5.10. The van der Waals surface area contributed by atoms with Crippen LogP contribution in [0.25, 0.3) is 17.0 Å². The van der Waals surface area contributed by atoms with E-state index >= 15 is 0 Å². The van der Waals surface area contributed by atoms with E-state index in [9.17, 15) is 9.18 Å². The lowest BCUT2D eigenvalue weighted by molar-refractivity contribution is -0.115. The number of thioether (sulfide) groups is 1. The number of hydrogen-bond donors (Lipinski definition) is 1. The van der Waals surface area contributed by atoms with Gasteiger partial charge in [0.1, 0.15) is 11.5 Å². The van der Waals surface area contributed by atoms with Crippen molar-refractivity contribution in [2.45, 2.75) is 6.54 Å². The molecule has 1 aliphatic heterocycles. The molecule has 1 aliphatic rings. The number of hydrogen-bond acceptors (Lipinski definition) is 3. The van der Waals surface area contributed by atoms with Gasteiger partial charge in [0.05, 0.1) is 4.91 Å². The van der Waals surface area contributed by atoms with Gasteiger partial charge in [0.15, 0.2) is 5.17 Å². The van der Waals surface area contributed by atoms with Gasteiger partial charge < -0.3 is 9.88 Å². The summed E-state index contributed by atoms with van der Waals surface area (Å²) in [5.74, 6) is -0.668. The molecule has 1 saturated heterocycles. The van der Waals surface area contributed by atoms with E-state index in [4.69, 9.17) is 0 Å². The van der Waals surface area contributed by atoms with Crippen molar-refractivity contribution < 1.29 is 9.18 Å². The van der Waals surface area contributed by atoms with Gasteiger partial charge in [-0.1, -0.05) is 58.4 Å².